The van der Waals surface area contributed by atoms with E-state index in [1.807, 2.05) is 6.92 Å². The molecule has 1 aliphatic heterocycles. The van der Waals surface area contributed by atoms with Crippen molar-refractivity contribution in [1.82, 2.24) is 5.32 Å². The molecule has 0 spiro atoms. The lowest BCUT2D eigenvalue weighted by Crippen LogP contribution is -2.50. The van der Waals surface area contributed by atoms with E-state index in [0.717, 1.165) is 37.8 Å². The van der Waals surface area contributed by atoms with Gasteiger partial charge in [-0.15, -0.1) is 0 Å². The number of rotatable bonds is 5. The minimum absolute atomic E-state index is 0.0620. The maximum Gasteiger partial charge on any atom is 0.293 e. The number of aryl methyl sites for hydroxylation is 1. The number of nitrogens with one attached hydrogen (secondary N) is 2. The molecular formula is C15H21N3O3. The highest BCUT2D eigenvalue weighted by molar-refractivity contribution is 6.00. The lowest BCUT2D eigenvalue weighted by Gasteiger charge is -2.27. The van der Waals surface area contributed by atoms with Crippen LogP contribution < -0.4 is 10.6 Å². The van der Waals surface area contributed by atoms with Crippen LogP contribution >= 0.6 is 0 Å². The van der Waals surface area contributed by atoms with Crippen molar-refractivity contribution < 1.29 is 9.72 Å². The van der Waals surface area contributed by atoms with Gasteiger partial charge in [-0.2, -0.15) is 0 Å². The van der Waals surface area contributed by atoms with E-state index < -0.39 is 10.5 Å². The minimum Gasteiger partial charge on any atom is -0.319 e. The molecule has 6 nitrogen and oxygen atoms in total. The maximum absolute atomic E-state index is 12.6. The largest absolute Gasteiger partial charge is 0.319 e. The van der Waals surface area contributed by atoms with Crippen LogP contribution in [0.3, 0.4) is 0 Å². The highest BCUT2D eigenvalue weighted by Crippen LogP contribution is 2.30. The van der Waals surface area contributed by atoms with Crippen LogP contribution in [-0.4, -0.2) is 22.9 Å². The van der Waals surface area contributed by atoms with Crippen LogP contribution in [0.4, 0.5) is 11.4 Å². The summed E-state index contributed by atoms with van der Waals surface area (Å²) in [6.45, 7) is 4.63. The van der Waals surface area contributed by atoms with Gasteiger partial charge in [0.1, 0.15) is 5.69 Å². The van der Waals surface area contributed by atoms with Crippen molar-refractivity contribution in [2.75, 3.05) is 11.9 Å². The van der Waals surface area contributed by atoms with Crippen LogP contribution in [0.2, 0.25) is 0 Å². The highest BCUT2D eigenvalue weighted by atomic mass is 16.6. The molecule has 1 unspecified atom stereocenters. The first kappa shape index (κ1) is 15.4. The molecule has 1 aromatic rings. The summed E-state index contributed by atoms with van der Waals surface area (Å²) in [6.07, 6.45) is 3.34. The molecule has 1 aromatic carbocycles. The fourth-order valence-electron chi connectivity index (χ4n) is 2.89. The first-order valence-corrected chi connectivity index (χ1v) is 7.30. The third-order valence-electron chi connectivity index (χ3n) is 3.95. The molecule has 1 saturated heterocycles. The summed E-state index contributed by atoms with van der Waals surface area (Å²) in [5, 5.41) is 17.1. The van der Waals surface area contributed by atoms with E-state index in [1.165, 1.54) is 6.07 Å². The molecule has 1 heterocycles. The number of nitro benzene ring substituents is 1. The number of amides is 1. The van der Waals surface area contributed by atoms with E-state index >= 15 is 0 Å². The molecule has 21 heavy (non-hydrogen) atoms. The summed E-state index contributed by atoms with van der Waals surface area (Å²) < 4.78 is 0. The van der Waals surface area contributed by atoms with Gasteiger partial charge in [0.05, 0.1) is 10.5 Å². The third kappa shape index (κ3) is 3.21. The monoisotopic (exact) mass is 291 g/mol. The van der Waals surface area contributed by atoms with E-state index in [4.69, 9.17) is 0 Å². The Hall–Kier alpha value is -1.95. The molecule has 0 aliphatic carbocycles. The SMILES string of the molecule is CCCC1(C(=O)Nc2ccc(C)cc2[N+](=O)[O-])CCCN1. The van der Waals surface area contributed by atoms with Crippen LogP contribution in [0.1, 0.15) is 38.2 Å². The van der Waals surface area contributed by atoms with Crippen molar-refractivity contribution in [2.45, 2.75) is 45.1 Å². The Morgan fingerprint density at radius 2 is 2.29 bits per heavy atom. The van der Waals surface area contributed by atoms with Gasteiger partial charge in [-0.25, -0.2) is 0 Å². The molecule has 0 aromatic heterocycles. The summed E-state index contributed by atoms with van der Waals surface area (Å²) in [7, 11) is 0. The lowest BCUT2D eigenvalue weighted by atomic mass is 9.90. The predicted octanol–water partition coefficient (Wildman–Crippen LogP) is 2.76. The number of carbonyl (C=O) groups is 1. The summed E-state index contributed by atoms with van der Waals surface area (Å²) in [4.78, 5) is 23.2. The van der Waals surface area contributed by atoms with Crippen molar-refractivity contribution in [3.63, 3.8) is 0 Å². The number of anilines is 1. The number of nitro groups is 1. The number of hydrogen-bond donors (Lipinski definition) is 2. The maximum atomic E-state index is 12.6. The Balaban J connectivity index is 2.25. The zero-order valence-corrected chi connectivity index (χ0v) is 12.4. The van der Waals surface area contributed by atoms with Gasteiger partial charge in [0.2, 0.25) is 5.91 Å². The number of nitrogens with zero attached hydrogens (tertiary/aromatic N) is 1. The molecule has 2 N–H and O–H groups in total. The van der Waals surface area contributed by atoms with E-state index in [9.17, 15) is 14.9 Å². The molecule has 114 valence electrons. The Kier molecular flexibility index (Phi) is 4.57. The summed E-state index contributed by atoms with van der Waals surface area (Å²) in [6, 6.07) is 4.83. The molecule has 2 rings (SSSR count). The van der Waals surface area contributed by atoms with Crippen molar-refractivity contribution >= 4 is 17.3 Å². The summed E-state index contributed by atoms with van der Waals surface area (Å²) in [5.74, 6) is -0.172. The van der Waals surface area contributed by atoms with Crippen molar-refractivity contribution in [2.24, 2.45) is 0 Å². The molecule has 1 atom stereocenters. The second kappa shape index (κ2) is 6.22. The fourth-order valence-corrected chi connectivity index (χ4v) is 2.89. The fraction of sp³-hybridized carbons (Fsp3) is 0.533. The van der Waals surface area contributed by atoms with Gasteiger partial charge < -0.3 is 10.6 Å². The van der Waals surface area contributed by atoms with Crippen molar-refractivity contribution in [1.29, 1.82) is 0 Å². The number of hydrogen-bond acceptors (Lipinski definition) is 4. The normalized spacial score (nSPS) is 21.2. The second-order valence-corrected chi connectivity index (χ2v) is 5.59. The number of carbonyl (C=O) groups excluding carboxylic acids is 1. The molecule has 1 fully saturated rings. The van der Waals surface area contributed by atoms with Gasteiger partial charge in [0.15, 0.2) is 0 Å². The van der Waals surface area contributed by atoms with Crippen LogP contribution in [0, 0.1) is 17.0 Å². The Labute approximate surface area is 124 Å². The third-order valence-corrected chi connectivity index (χ3v) is 3.95. The van der Waals surface area contributed by atoms with Crippen LogP contribution in [0.5, 0.6) is 0 Å². The zero-order chi connectivity index (χ0) is 15.5. The quantitative estimate of drug-likeness (QED) is 0.645. The molecule has 1 amide bonds. The van der Waals surface area contributed by atoms with E-state index in [2.05, 4.69) is 10.6 Å². The van der Waals surface area contributed by atoms with Gasteiger partial charge in [-0.1, -0.05) is 19.4 Å². The van der Waals surface area contributed by atoms with Crippen LogP contribution in [0.15, 0.2) is 18.2 Å². The topological polar surface area (TPSA) is 84.3 Å². The van der Waals surface area contributed by atoms with Crippen molar-refractivity contribution in [3.8, 4) is 0 Å². The number of benzene rings is 1. The second-order valence-electron chi connectivity index (χ2n) is 5.59. The first-order valence-electron chi connectivity index (χ1n) is 7.30. The molecule has 0 radical (unpaired) electrons. The van der Waals surface area contributed by atoms with Gasteiger partial charge in [-0.3, -0.25) is 14.9 Å². The predicted molar refractivity (Wildman–Crippen MR) is 81.3 cm³/mol. The average Bonchev–Trinajstić information content (AvgIpc) is 2.91. The molecule has 0 bridgehead atoms. The van der Waals surface area contributed by atoms with E-state index in [0.29, 0.717) is 0 Å². The minimum atomic E-state index is -0.590. The van der Waals surface area contributed by atoms with Crippen LogP contribution in [0.25, 0.3) is 0 Å². The van der Waals surface area contributed by atoms with E-state index in [-0.39, 0.29) is 17.3 Å². The average molecular weight is 291 g/mol. The summed E-state index contributed by atoms with van der Waals surface area (Å²) in [5.41, 5.74) is 0.405. The smallest absolute Gasteiger partial charge is 0.293 e. The highest BCUT2D eigenvalue weighted by Gasteiger charge is 2.40. The zero-order valence-electron chi connectivity index (χ0n) is 12.4. The van der Waals surface area contributed by atoms with Gasteiger partial charge in [0, 0.05) is 6.07 Å². The molecular weight excluding hydrogens is 270 g/mol. The summed E-state index contributed by atoms with van der Waals surface area (Å²) >= 11 is 0. The Morgan fingerprint density at radius 1 is 1.52 bits per heavy atom. The standard InChI is InChI=1S/C15H21N3O3/c1-3-7-15(8-4-9-16-15)14(19)17-12-6-5-11(2)10-13(12)18(20)21/h5-6,10,16H,3-4,7-9H2,1-2H3,(H,17,19). The van der Waals surface area contributed by atoms with Gasteiger partial charge in [0.25, 0.3) is 5.69 Å². The first-order chi connectivity index (χ1) is 9.98. The molecule has 0 saturated carbocycles. The molecule has 1 aliphatic rings. The lowest BCUT2D eigenvalue weighted by molar-refractivity contribution is -0.384. The van der Waals surface area contributed by atoms with Crippen molar-refractivity contribution in [3.05, 3.63) is 33.9 Å². The van der Waals surface area contributed by atoms with Crippen LogP contribution in [-0.2, 0) is 4.79 Å². The van der Waals surface area contributed by atoms with E-state index in [1.54, 1.807) is 19.1 Å². The molecule has 6 heteroatoms. The Morgan fingerprint density at radius 3 is 2.86 bits per heavy atom. The Bertz CT molecular complexity index is 551. The van der Waals surface area contributed by atoms with Gasteiger partial charge >= 0.3 is 0 Å². The van der Waals surface area contributed by atoms with Gasteiger partial charge in [-0.05, 0) is 44.4 Å².